The van der Waals surface area contributed by atoms with E-state index >= 15 is 0 Å². The summed E-state index contributed by atoms with van der Waals surface area (Å²) in [6.07, 6.45) is -5.27. The average molecular weight is 337 g/mol. The number of nitrogens with one attached hydrogen (secondary N) is 1. The second-order valence-corrected chi connectivity index (χ2v) is 5.33. The summed E-state index contributed by atoms with van der Waals surface area (Å²) in [6.45, 7) is 2.58. The van der Waals surface area contributed by atoms with E-state index < -0.39 is 24.1 Å². The van der Waals surface area contributed by atoms with Crippen LogP contribution in [0.3, 0.4) is 0 Å². The quantitative estimate of drug-likeness (QED) is 0.834. The molecule has 2 aromatic rings. The van der Waals surface area contributed by atoms with Crippen molar-refractivity contribution in [3.63, 3.8) is 0 Å². The lowest BCUT2D eigenvalue weighted by Gasteiger charge is -2.20. The third-order valence-electron chi connectivity index (χ3n) is 3.70. The van der Waals surface area contributed by atoms with Gasteiger partial charge in [0.25, 0.3) is 0 Å². The first-order valence-corrected chi connectivity index (χ1v) is 7.54. The standard InChI is InChI=1S/C18H18F3NO2/c1-2-22-11-15-13(12-6-4-3-5-7-12)8-9-16(18(19,20)21)14(15)10-17(23)24/h3-9,22H,2,10-11H2,1H3,(H,23,24). The van der Waals surface area contributed by atoms with E-state index in [2.05, 4.69) is 5.32 Å². The molecular weight excluding hydrogens is 319 g/mol. The van der Waals surface area contributed by atoms with Gasteiger partial charge in [0.2, 0.25) is 0 Å². The van der Waals surface area contributed by atoms with Crippen molar-refractivity contribution in [2.75, 3.05) is 6.54 Å². The molecule has 0 heterocycles. The number of benzene rings is 2. The average Bonchev–Trinajstić information content (AvgIpc) is 2.52. The van der Waals surface area contributed by atoms with Gasteiger partial charge in [0, 0.05) is 6.54 Å². The van der Waals surface area contributed by atoms with Gasteiger partial charge >= 0.3 is 12.1 Å². The molecule has 2 rings (SSSR count). The number of hydrogen-bond acceptors (Lipinski definition) is 2. The van der Waals surface area contributed by atoms with Crippen molar-refractivity contribution in [3.05, 3.63) is 59.2 Å². The van der Waals surface area contributed by atoms with Gasteiger partial charge in [-0.3, -0.25) is 4.79 Å². The summed E-state index contributed by atoms with van der Waals surface area (Å²) in [5.41, 5.74) is 0.668. The molecule has 0 saturated carbocycles. The topological polar surface area (TPSA) is 49.3 Å². The number of rotatable bonds is 6. The largest absolute Gasteiger partial charge is 0.481 e. The highest BCUT2D eigenvalue weighted by atomic mass is 19.4. The summed E-state index contributed by atoms with van der Waals surface area (Å²) in [5.74, 6) is -1.29. The minimum Gasteiger partial charge on any atom is -0.481 e. The van der Waals surface area contributed by atoms with E-state index in [4.69, 9.17) is 5.11 Å². The van der Waals surface area contributed by atoms with Crippen LogP contribution in [0, 0.1) is 0 Å². The van der Waals surface area contributed by atoms with Gasteiger partial charge in [-0.1, -0.05) is 43.3 Å². The molecule has 6 heteroatoms. The maximum Gasteiger partial charge on any atom is 0.416 e. The fraction of sp³-hybridized carbons (Fsp3) is 0.278. The van der Waals surface area contributed by atoms with Crippen molar-refractivity contribution in [1.82, 2.24) is 5.32 Å². The first-order chi connectivity index (χ1) is 11.3. The molecule has 0 spiro atoms. The maximum atomic E-state index is 13.3. The molecule has 2 N–H and O–H groups in total. The Labute approximate surface area is 138 Å². The molecule has 0 saturated heterocycles. The lowest BCUT2D eigenvalue weighted by molar-refractivity contribution is -0.139. The fourth-order valence-corrected chi connectivity index (χ4v) is 2.65. The molecule has 0 bridgehead atoms. The molecule has 3 nitrogen and oxygen atoms in total. The van der Waals surface area contributed by atoms with Gasteiger partial charge < -0.3 is 10.4 Å². The molecule has 0 fully saturated rings. The minimum atomic E-state index is -4.60. The van der Waals surface area contributed by atoms with Crippen molar-refractivity contribution >= 4 is 5.97 Å². The van der Waals surface area contributed by atoms with Crippen LogP contribution in [-0.2, 0) is 23.9 Å². The van der Waals surface area contributed by atoms with Crippen LogP contribution in [0.15, 0.2) is 42.5 Å². The molecule has 2 aromatic carbocycles. The molecule has 0 aliphatic rings. The summed E-state index contributed by atoms with van der Waals surface area (Å²) in [4.78, 5) is 11.1. The van der Waals surface area contributed by atoms with Gasteiger partial charge in [-0.25, -0.2) is 0 Å². The van der Waals surface area contributed by atoms with Crippen molar-refractivity contribution < 1.29 is 23.1 Å². The monoisotopic (exact) mass is 337 g/mol. The Hall–Kier alpha value is -2.34. The molecule has 0 radical (unpaired) electrons. The van der Waals surface area contributed by atoms with Crippen LogP contribution in [0.2, 0.25) is 0 Å². The van der Waals surface area contributed by atoms with Crippen LogP contribution in [0.25, 0.3) is 11.1 Å². The fourth-order valence-electron chi connectivity index (χ4n) is 2.65. The summed E-state index contributed by atoms with van der Waals surface area (Å²) in [6, 6.07) is 11.4. The summed E-state index contributed by atoms with van der Waals surface area (Å²) in [7, 11) is 0. The molecule has 0 unspecified atom stereocenters. The van der Waals surface area contributed by atoms with E-state index in [0.717, 1.165) is 11.6 Å². The lowest BCUT2D eigenvalue weighted by atomic mass is 9.90. The molecule has 0 aliphatic heterocycles. The molecule has 24 heavy (non-hydrogen) atoms. The summed E-state index contributed by atoms with van der Waals surface area (Å²) >= 11 is 0. The number of alkyl halides is 3. The van der Waals surface area contributed by atoms with E-state index in [1.165, 1.54) is 6.07 Å². The molecular formula is C18H18F3NO2. The van der Waals surface area contributed by atoms with Gasteiger partial charge in [0.05, 0.1) is 12.0 Å². The Morgan fingerprint density at radius 3 is 2.29 bits per heavy atom. The Morgan fingerprint density at radius 1 is 1.08 bits per heavy atom. The smallest absolute Gasteiger partial charge is 0.416 e. The second kappa shape index (κ2) is 7.49. The van der Waals surface area contributed by atoms with Crippen LogP contribution >= 0.6 is 0 Å². The molecule has 0 amide bonds. The van der Waals surface area contributed by atoms with Gasteiger partial charge in [-0.2, -0.15) is 13.2 Å². The first kappa shape index (κ1) is 18.0. The Kier molecular flexibility index (Phi) is 5.62. The van der Waals surface area contributed by atoms with Gasteiger partial charge in [-0.15, -0.1) is 0 Å². The van der Waals surface area contributed by atoms with Crippen molar-refractivity contribution in [1.29, 1.82) is 0 Å². The number of carbonyl (C=O) groups is 1. The van der Waals surface area contributed by atoms with E-state index in [1.807, 2.05) is 13.0 Å². The SMILES string of the molecule is CCNCc1c(-c2ccccc2)ccc(C(F)(F)F)c1CC(=O)O. The van der Waals surface area contributed by atoms with Crippen LogP contribution in [-0.4, -0.2) is 17.6 Å². The van der Waals surface area contributed by atoms with E-state index in [1.54, 1.807) is 24.3 Å². The van der Waals surface area contributed by atoms with E-state index in [0.29, 0.717) is 17.7 Å². The van der Waals surface area contributed by atoms with Crippen molar-refractivity contribution in [2.24, 2.45) is 0 Å². The Balaban J connectivity index is 2.70. The zero-order valence-electron chi connectivity index (χ0n) is 13.2. The molecule has 0 aromatic heterocycles. The van der Waals surface area contributed by atoms with Crippen LogP contribution < -0.4 is 5.32 Å². The van der Waals surface area contributed by atoms with E-state index in [-0.39, 0.29) is 12.1 Å². The zero-order chi connectivity index (χ0) is 17.7. The first-order valence-electron chi connectivity index (χ1n) is 7.54. The number of hydrogen-bond donors (Lipinski definition) is 2. The Bertz CT molecular complexity index is 712. The van der Waals surface area contributed by atoms with Gasteiger partial charge in [-0.05, 0) is 34.9 Å². The summed E-state index contributed by atoms with van der Waals surface area (Å²) in [5, 5.41) is 12.1. The normalized spacial score (nSPS) is 11.5. The maximum absolute atomic E-state index is 13.3. The minimum absolute atomic E-state index is 0.174. The molecule has 0 aliphatic carbocycles. The Morgan fingerprint density at radius 2 is 1.75 bits per heavy atom. The lowest BCUT2D eigenvalue weighted by Crippen LogP contribution is -2.20. The van der Waals surface area contributed by atoms with Crippen molar-refractivity contribution in [2.45, 2.75) is 26.1 Å². The van der Waals surface area contributed by atoms with Crippen LogP contribution in [0.5, 0.6) is 0 Å². The highest BCUT2D eigenvalue weighted by Crippen LogP contribution is 2.37. The summed E-state index contributed by atoms with van der Waals surface area (Å²) < 4.78 is 40.0. The third-order valence-corrected chi connectivity index (χ3v) is 3.70. The van der Waals surface area contributed by atoms with Gasteiger partial charge in [0.1, 0.15) is 0 Å². The number of aliphatic carboxylic acids is 1. The number of carboxylic acids is 1. The van der Waals surface area contributed by atoms with Gasteiger partial charge in [0.15, 0.2) is 0 Å². The third kappa shape index (κ3) is 4.14. The van der Waals surface area contributed by atoms with Crippen LogP contribution in [0.4, 0.5) is 13.2 Å². The highest BCUT2D eigenvalue weighted by Gasteiger charge is 2.35. The predicted molar refractivity (Wildman–Crippen MR) is 85.6 cm³/mol. The predicted octanol–water partition coefficient (Wildman–Crippen LogP) is 4.11. The number of halogens is 3. The highest BCUT2D eigenvalue weighted by molar-refractivity contribution is 5.76. The zero-order valence-corrected chi connectivity index (χ0v) is 13.2. The second-order valence-electron chi connectivity index (χ2n) is 5.33. The molecule has 0 atom stereocenters. The van der Waals surface area contributed by atoms with Crippen molar-refractivity contribution in [3.8, 4) is 11.1 Å². The molecule has 128 valence electrons. The van der Waals surface area contributed by atoms with Crippen LogP contribution in [0.1, 0.15) is 23.6 Å². The number of carboxylic acid groups (broad SMARTS) is 1. The van der Waals surface area contributed by atoms with E-state index in [9.17, 15) is 18.0 Å².